The van der Waals surface area contributed by atoms with Crippen molar-refractivity contribution < 1.29 is 18.7 Å². The second kappa shape index (κ2) is 8.43. The molecule has 0 aliphatic heterocycles. The van der Waals surface area contributed by atoms with Crippen LogP contribution in [0, 0.1) is 0 Å². The van der Waals surface area contributed by atoms with E-state index in [1.54, 1.807) is 72.4 Å². The average molecular weight is 382 g/mol. The fourth-order valence-corrected chi connectivity index (χ4v) is 2.59. The molecule has 1 N–H and O–H groups in total. The summed E-state index contributed by atoms with van der Waals surface area (Å²) in [5.41, 5.74) is 1.64. The SMILES string of the molecule is CCOC(=O)c1ccn(-c2ccc(NC(=O)N(C)C(C)c3ccco3)cc2)n1. The van der Waals surface area contributed by atoms with E-state index in [0.29, 0.717) is 18.1 Å². The lowest BCUT2D eigenvalue weighted by Crippen LogP contribution is -2.33. The number of rotatable bonds is 6. The zero-order valence-electron chi connectivity index (χ0n) is 16.0. The van der Waals surface area contributed by atoms with Gasteiger partial charge in [-0.25, -0.2) is 14.3 Å². The molecule has 146 valence electrons. The molecule has 2 heterocycles. The number of benzene rings is 1. The van der Waals surface area contributed by atoms with Crippen molar-refractivity contribution in [2.45, 2.75) is 19.9 Å². The number of hydrogen-bond donors (Lipinski definition) is 1. The summed E-state index contributed by atoms with van der Waals surface area (Å²) in [6.07, 6.45) is 3.26. The first kappa shape index (κ1) is 19.2. The van der Waals surface area contributed by atoms with Crippen LogP contribution in [-0.2, 0) is 4.74 Å². The molecule has 3 rings (SSSR count). The average Bonchev–Trinajstić information content (AvgIpc) is 3.39. The number of furan rings is 1. The second-order valence-corrected chi connectivity index (χ2v) is 6.15. The Balaban J connectivity index is 1.64. The van der Waals surface area contributed by atoms with E-state index in [2.05, 4.69) is 10.4 Å². The Hall–Kier alpha value is -3.55. The number of carbonyl (C=O) groups excluding carboxylic acids is 2. The molecule has 3 aromatic rings. The van der Waals surface area contributed by atoms with E-state index in [0.717, 1.165) is 5.69 Å². The Labute approximate surface area is 162 Å². The molecule has 0 bridgehead atoms. The van der Waals surface area contributed by atoms with E-state index in [9.17, 15) is 9.59 Å². The van der Waals surface area contributed by atoms with Crippen molar-refractivity contribution >= 4 is 17.7 Å². The van der Waals surface area contributed by atoms with E-state index >= 15 is 0 Å². The Morgan fingerprint density at radius 3 is 2.64 bits per heavy atom. The Bertz CT molecular complexity index is 932. The first-order chi connectivity index (χ1) is 13.5. The van der Waals surface area contributed by atoms with Crippen LogP contribution in [0.25, 0.3) is 5.69 Å². The van der Waals surface area contributed by atoms with Crippen LogP contribution in [0.5, 0.6) is 0 Å². The smallest absolute Gasteiger partial charge is 0.358 e. The zero-order valence-corrected chi connectivity index (χ0v) is 16.0. The van der Waals surface area contributed by atoms with E-state index in [4.69, 9.17) is 9.15 Å². The summed E-state index contributed by atoms with van der Waals surface area (Å²) in [5.74, 6) is 0.253. The molecule has 8 nitrogen and oxygen atoms in total. The highest BCUT2D eigenvalue weighted by Gasteiger charge is 2.19. The number of nitrogens with zero attached hydrogens (tertiary/aromatic N) is 3. The maximum atomic E-state index is 12.4. The molecule has 0 aliphatic rings. The first-order valence-corrected chi connectivity index (χ1v) is 8.90. The van der Waals surface area contributed by atoms with Crippen LogP contribution in [0.1, 0.15) is 36.1 Å². The summed E-state index contributed by atoms with van der Waals surface area (Å²) in [4.78, 5) is 25.7. The van der Waals surface area contributed by atoms with Crippen molar-refractivity contribution in [2.75, 3.05) is 19.0 Å². The van der Waals surface area contributed by atoms with Gasteiger partial charge in [0.25, 0.3) is 0 Å². The van der Waals surface area contributed by atoms with Crippen LogP contribution >= 0.6 is 0 Å². The lowest BCUT2D eigenvalue weighted by molar-refractivity contribution is 0.0519. The van der Waals surface area contributed by atoms with Crippen molar-refractivity contribution in [3.05, 3.63) is 66.4 Å². The predicted molar refractivity (Wildman–Crippen MR) is 103 cm³/mol. The molecular weight excluding hydrogens is 360 g/mol. The van der Waals surface area contributed by atoms with Gasteiger partial charge in [-0.2, -0.15) is 5.10 Å². The van der Waals surface area contributed by atoms with Crippen LogP contribution in [0.15, 0.2) is 59.3 Å². The molecule has 0 saturated heterocycles. The largest absolute Gasteiger partial charge is 0.467 e. The number of hydrogen-bond acceptors (Lipinski definition) is 5. The van der Waals surface area contributed by atoms with E-state index in [1.807, 2.05) is 13.0 Å². The highest BCUT2D eigenvalue weighted by atomic mass is 16.5. The number of amides is 2. The third kappa shape index (κ3) is 4.22. The van der Waals surface area contributed by atoms with Gasteiger partial charge in [0, 0.05) is 18.9 Å². The predicted octanol–water partition coefficient (Wildman–Crippen LogP) is 3.87. The van der Waals surface area contributed by atoms with Gasteiger partial charge in [0.15, 0.2) is 5.69 Å². The monoisotopic (exact) mass is 382 g/mol. The van der Waals surface area contributed by atoms with Gasteiger partial charge in [-0.15, -0.1) is 0 Å². The van der Waals surface area contributed by atoms with Gasteiger partial charge in [-0.3, -0.25) is 0 Å². The quantitative estimate of drug-likeness (QED) is 0.654. The van der Waals surface area contributed by atoms with Crippen LogP contribution in [0.3, 0.4) is 0 Å². The molecule has 0 fully saturated rings. The van der Waals surface area contributed by atoms with E-state index < -0.39 is 5.97 Å². The van der Waals surface area contributed by atoms with Crippen molar-refractivity contribution in [1.82, 2.24) is 14.7 Å². The molecule has 1 unspecified atom stereocenters. The highest BCUT2D eigenvalue weighted by Crippen LogP contribution is 2.20. The maximum absolute atomic E-state index is 12.4. The fraction of sp³-hybridized carbons (Fsp3) is 0.250. The van der Waals surface area contributed by atoms with Gasteiger partial charge in [0.2, 0.25) is 0 Å². The van der Waals surface area contributed by atoms with Gasteiger partial charge < -0.3 is 19.4 Å². The third-order valence-corrected chi connectivity index (χ3v) is 4.31. The van der Waals surface area contributed by atoms with Crippen LogP contribution < -0.4 is 5.32 Å². The van der Waals surface area contributed by atoms with Gasteiger partial charge in [0.05, 0.1) is 24.6 Å². The zero-order chi connectivity index (χ0) is 20.1. The van der Waals surface area contributed by atoms with Gasteiger partial charge in [-0.05, 0) is 56.3 Å². The Morgan fingerprint density at radius 2 is 2.00 bits per heavy atom. The van der Waals surface area contributed by atoms with Gasteiger partial charge >= 0.3 is 12.0 Å². The van der Waals surface area contributed by atoms with E-state index in [1.165, 1.54) is 0 Å². The standard InChI is InChI=1S/C20H22N4O4/c1-4-27-19(25)17-11-12-24(22-17)16-9-7-15(8-10-16)21-20(26)23(3)14(2)18-6-5-13-28-18/h5-14H,4H2,1-3H3,(H,21,26). The van der Waals surface area contributed by atoms with E-state index in [-0.39, 0.29) is 17.8 Å². The lowest BCUT2D eigenvalue weighted by atomic mass is 10.2. The van der Waals surface area contributed by atoms with Crippen molar-refractivity contribution in [3.63, 3.8) is 0 Å². The third-order valence-electron chi connectivity index (χ3n) is 4.31. The first-order valence-electron chi connectivity index (χ1n) is 8.90. The molecule has 0 aliphatic carbocycles. The lowest BCUT2D eigenvalue weighted by Gasteiger charge is -2.23. The number of urea groups is 1. The van der Waals surface area contributed by atoms with Gasteiger partial charge in [-0.1, -0.05) is 0 Å². The topological polar surface area (TPSA) is 89.6 Å². The van der Waals surface area contributed by atoms with Crippen molar-refractivity contribution in [1.29, 1.82) is 0 Å². The number of esters is 1. The molecule has 2 aromatic heterocycles. The molecular formula is C20H22N4O4. The minimum absolute atomic E-state index is 0.195. The minimum atomic E-state index is -0.459. The molecule has 0 spiro atoms. The van der Waals surface area contributed by atoms with Gasteiger partial charge in [0.1, 0.15) is 5.76 Å². The second-order valence-electron chi connectivity index (χ2n) is 6.15. The summed E-state index contributed by atoms with van der Waals surface area (Å²) >= 11 is 0. The molecule has 8 heteroatoms. The molecule has 0 radical (unpaired) electrons. The number of ether oxygens (including phenoxy) is 1. The normalized spacial score (nSPS) is 11.7. The molecule has 1 atom stereocenters. The number of nitrogens with one attached hydrogen (secondary N) is 1. The number of anilines is 1. The summed E-state index contributed by atoms with van der Waals surface area (Å²) in [6.45, 7) is 3.93. The van der Waals surface area contributed by atoms with Crippen LogP contribution in [0.4, 0.5) is 10.5 Å². The van der Waals surface area contributed by atoms with Crippen molar-refractivity contribution in [3.8, 4) is 5.69 Å². The maximum Gasteiger partial charge on any atom is 0.358 e. The molecule has 28 heavy (non-hydrogen) atoms. The summed E-state index contributed by atoms with van der Waals surface area (Å²) < 4.78 is 11.9. The van der Waals surface area contributed by atoms with Crippen LogP contribution in [0.2, 0.25) is 0 Å². The minimum Gasteiger partial charge on any atom is -0.467 e. The number of aromatic nitrogens is 2. The number of carbonyl (C=O) groups is 2. The summed E-state index contributed by atoms with van der Waals surface area (Å²) in [6, 6.07) is 11.9. The fourth-order valence-electron chi connectivity index (χ4n) is 2.59. The molecule has 2 amide bonds. The van der Waals surface area contributed by atoms with Crippen molar-refractivity contribution in [2.24, 2.45) is 0 Å². The molecule has 0 saturated carbocycles. The highest BCUT2D eigenvalue weighted by molar-refractivity contribution is 5.89. The summed E-state index contributed by atoms with van der Waals surface area (Å²) in [7, 11) is 1.71. The van der Waals surface area contributed by atoms with Crippen LogP contribution in [-0.4, -0.2) is 40.3 Å². The summed E-state index contributed by atoms with van der Waals surface area (Å²) in [5, 5.41) is 7.05. The molecule has 1 aromatic carbocycles. The Kier molecular flexibility index (Phi) is 5.78. The Morgan fingerprint density at radius 1 is 1.25 bits per heavy atom.